The van der Waals surface area contributed by atoms with Gasteiger partial charge in [0.2, 0.25) is 0 Å². The third-order valence-electron chi connectivity index (χ3n) is 4.85. The van der Waals surface area contributed by atoms with Gasteiger partial charge in [0.1, 0.15) is 4.83 Å². The van der Waals surface area contributed by atoms with Crippen molar-refractivity contribution < 1.29 is 0 Å². The summed E-state index contributed by atoms with van der Waals surface area (Å²) >= 11 is 1.72. The number of hydrogen-bond acceptors (Lipinski definition) is 4. The van der Waals surface area contributed by atoms with Gasteiger partial charge in [0.25, 0.3) is 0 Å². The SMILES string of the molecule is Cc1nc(-c2nccn2C)nc2sc(-c3ccccc3)c(-c3ccccc3)c12. The van der Waals surface area contributed by atoms with Crippen molar-refractivity contribution in [3.8, 4) is 33.2 Å². The molecule has 3 aromatic heterocycles. The molecule has 5 heteroatoms. The highest BCUT2D eigenvalue weighted by Crippen LogP contribution is 2.45. The van der Waals surface area contributed by atoms with Gasteiger partial charge in [-0.15, -0.1) is 11.3 Å². The minimum absolute atomic E-state index is 0.665. The fourth-order valence-electron chi connectivity index (χ4n) is 3.52. The smallest absolute Gasteiger partial charge is 0.197 e. The predicted molar refractivity (Wildman–Crippen MR) is 115 cm³/mol. The summed E-state index contributed by atoms with van der Waals surface area (Å²) in [6.45, 7) is 2.06. The van der Waals surface area contributed by atoms with Crippen LogP contribution in [0.2, 0.25) is 0 Å². The molecule has 0 spiro atoms. The van der Waals surface area contributed by atoms with E-state index >= 15 is 0 Å². The molecule has 4 nitrogen and oxygen atoms in total. The number of imidazole rings is 1. The third kappa shape index (κ3) is 2.72. The molecule has 0 N–H and O–H groups in total. The number of thiophene rings is 1. The van der Waals surface area contributed by atoms with E-state index in [9.17, 15) is 0 Å². The Morgan fingerprint density at radius 3 is 2.18 bits per heavy atom. The van der Waals surface area contributed by atoms with Gasteiger partial charge in [-0.2, -0.15) is 0 Å². The number of rotatable bonds is 3. The standard InChI is InChI=1S/C23H18N4S/c1-15-18-19(16-9-5-3-6-10-16)20(17-11-7-4-8-12-17)28-23(18)26-21(25-15)22-24-13-14-27(22)2/h3-14H,1-2H3. The van der Waals surface area contributed by atoms with Gasteiger partial charge in [-0.1, -0.05) is 60.7 Å². The van der Waals surface area contributed by atoms with Gasteiger partial charge in [0.15, 0.2) is 11.6 Å². The topological polar surface area (TPSA) is 43.6 Å². The van der Waals surface area contributed by atoms with Crippen LogP contribution in [0.15, 0.2) is 73.1 Å². The summed E-state index contributed by atoms with van der Waals surface area (Å²) in [4.78, 5) is 16.3. The Bertz CT molecular complexity index is 1270. The molecule has 0 amide bonds. The normalized spacial score (nSPS) is 11.2. The van der Waals surface area contributed by atoms with E-state index in [1.807, 2.05) is 29.9 Å². The van der Waals surface area contributed by atoms with Gasteiger partial charge in [-0.25, -0.2) is 15.0 Å². The van der Waals surface area contributed by atoms with E-state index in [2.05, 4.69) is 60.4 Å². The maximum atomic E-state index is 4.90. The van der Waals surface area contributed by atoms with Crippen molar-refractivity contribution >= 4 is 21.6 Å². The van der Waals surface area contributed by atoms with Crippen molar-refractivity contribution in [2.24, 2.45) is 7.05 Å². The zero-order valence-electron chi connectivity index (χ0n) is 15.6. The summed E-state index contributed by atoms with van der Waals surface area (Å²) < 4.78 is 1.95. The summed E-state index contributed by atoms with van der Waals surface area (Å²) in [6.07, 6.45) is 3.69. The molecule has 0 saturated heterocycles. The first kappa shape index (κ1) is 16.8. The summed E-state index contributed by atoms with van der Waals surface area (Å²) in [6, 6.07) is 21.0. The second-order valence-electron chi connectivity index (χ2n) is 6.71. The summed E-state index contributed by atoms with van der Waals surface area (Å²) in [5.41, 5.74) is 4.56. The molecule has 136 valence electrons. The second kappa shape index (κ2) is 6.69. The molecule has 5 rings (SSSR count). The van der Waals surface area contributed by atoms with Crippen molar-refractivity contribution in [1.82, 2.24) is 19.5 Å². The van der Waals surface area contributed by atoms with Crippen LogP contribution >= 0.6 is 11.3 Å². The minimum atomic E-state index is 0.665. The molecule has 3 heterocycles. The average Bonchev–Trinajstić information content (AvgIpc) is 3.33. The molecule has 0 unspecified atom stereocenters. The van der Waals surface area contributed by atoms with Gasteiger partial charge < -0.3 is 4.57 Å². The maximum absolute atomic E-state index is 4.90. The minimum Gasteiger partial charge on any atom is -0.331 e. The van der Waals surface area contributed by atoms with Gasteiger partial charge in [-0.05, 0) is 18.1 Å². The predicted octanol–water partition coefficient (Wildman–Crippen LogP) is 5.73. The highest BCUT2D eigenvalue weighted by Gasteiger charge is 2.20. The van der Waals surface area contributed by atoms with E-state index in [1.54, 1.807) is 17.5 Å². The maximum Gasteiger partial charge on any atom is 0.197 e. The van der Waals surface area contributed by atoms with E-state index in [0.29, 0.717) is 5.82 Å². The highest BCUT2D eigenvalue weighted by molar-refractivity contribution is 7.22. The zero-order valence-corrected chi connectivity index (χ0v) is 16.4. The molecule has 0 saturated carbocycles. The van der Waals surface area contributed by atoms with Crippen LogP contribution in [0.5, 0.6) is 0 Å². The van der Waals surface area contributed by atoms with E-state index in [1.165, 1.54) is 21.6 Å². The lowest BCUT2D eigenvalue weighted by Gasteiger charge is -2.07. The summed E-state index contributed by atoms with van der Waals surface area (Å²) in [7, 11) is 1.96. The summed E-state index contributed by atoms with van der Waals surface area (Å²) in [5, 5.41) is 1.12. The Balaban J connectivity index is 1.84. The average molecular weight is 382 g/mol. The molecule has 0 bridgehead atoms. The zero-order chi connectivity index (χ0) is 19.1. The fraction of sp³-hybridized carbons (Fsp3) is 0.0870. The van der Waals surface area contributed by atoms with Gasteiger partial charge in [-0.3, -0.25) is 0 Å². The van der Waals surface area contributed by atoms with Crippen LogP contribution in [0.4, 0.5) is 0 Å². The molecule has 0 radical (unpaired) electrons. The number of hydrogen-bond donors (Lipinski definition) is 0. The van der Waals surface area contributed by atoms with Crippen molar-refractivity contribution in [3.05, 3.63) is 78.8 Å². The molecular weight excluding hydrogens is 364 g/mol. The Kier molecular flexibility index (Phi) is 4.02. The Hall–Kier alpha value is -3.31. The van der Waals surface area contributed by atoms with Crippen molar-refractivity contribution in [3.63, 3.8) is 0 Å². The molecule has 0 aliphatic heterocycles. The Morgan fingerprint density at radius 1 is 0.857 bits per heavy atom. The van der Waals surface area contributed by atoms with Crippen LogP contribution in [0.25, 0.3) is 43.4 Å². The first-order chi connectivity index (χ1) is 13.7. The van der Waals surface area contributed by atoms with Crippen LogP contribution in [0.1, 0.15) is 5.69 Å². The quantitative estimate of drug-likeness (QED) is 0.400. The highest BCUT2D eigenvalue weighted by atomic mass is 32.1. The number of aromatic nitrogens is 4. The molecule has 0 atom stereocenters. The molecule has 28 heavy (non-hydrogen) atoms. The van der Waals surface area contributed by atoms with Gasteiger partial charge >= 0.3 is 0 Å². The van der Waals surface area contributed by atoms with Crippen molar-refractivity contribution in [2.75, 3.05) is 0 Å². The number of fused-ring (bicyclic) bond motifs is 1. The van der Waals surface area contributed by atoms with Crippen molar-refractivity contribution in [2.45, 2.75) is 6.92 Å². The molecule has 2 aromatic carbocycles. The van der Waals surface area contributed by atoms with Crippen LogP contribution in [-0.4, -0.2) is 19.5 Å². The Morgan fingerprint density at radius 2 is 1.54 bits per heavy atom. The van der Waals surface area contributed by atoms with E-state index < -0.39 is 0 Å². The van der Waals surface area contributed by atoms with Crippen LogP contribution < -0.4 is 0 Å². The Labute approximate surface area is 167 Å². The lowest BCUT2D eigenvalue weighted by atomic mass is 9.99. The van der Waals surface area contributed by atoms with Crippen LogP contribution in [0.3, 0.4) is 0 Å². The van der Waals surface area contributed by atoms with Gasteiger partial charge in [0.05, 0.1) is 5.69 Å². The number of benzene rings is 2. The van der Waals surface area contributed by atoms with Crippen LogP contribution in [0, 0.1) is 6.92 Å². The number of aryl methyl sites for hydroxylation is 2. The second-order valence-corrected chi connectivity index (χ2v) is 7.71. The van der Waals surface area contributed by atoms with E-state index in [4.69, 9.17) is 9.97 Å². The van der Waals surface area contributed by atoms with Crippen LogP contribution in [-0.2, 0) is 7.05 Å². The lowest BCUT2D eigenvalue weighted by molar-refractivity contribution is 0.907. The molecular formula is C23H18N4S. The number of nitrogens with zero attached hydrogens (tertiary/aromatic N) is 4. The first-order valence-electron chi connectivity index (χ1n) is 9.12. The summed E-state index contributed by atoms with van der Waals surface area (Å²) in [5.74, 6) is 1.44. The van der Waals surface area contributed by atoms with Crippen molar-refractivity contribution in [1.29, 1.82) is 0 Å². The lowest BCUT2D eigenvalue weighted by Crippen LogP contribution is -1.98. The first-order valence-corrected chi connectivity index (χ1v) is 9.93. The third-order valence-corrected chi connectivity index (χ3v) is 5.98. The molecule has 0 aliphatic rings. The molecule has 5 aromatic rings. The molecule has 0 fully saturated rings. The van der Waals surface area contributed by atoms with E-state index in [0.717, 1.165) is 21.7 Å². The fourth-order valence-corrected chi connectivity index (χ4v) is 4.78. The largest absolute Gasteiger partial charge is 0.331 e. The van der Waals surface area contributed by atoms with E-state index in [-0.39, 0.29) is 0 Å². The monoisotopic (exact) mass is 382 g/mol. The van der Waals surface area contributed by atoms with Gasteiger partial charge in [0, 0.05) is 35.3 Å². The molecule has 0 aliphatic carbocycles.